The second-order valence-corrected chi connectivity index (χ2v) is 9.14. The molecule has 5 rings (SSSR count). The summed E-state index contributed by atoms with van der Waals surface area (Å²) in [7, 11) is 2.01. The Morgan fingerprint density at radius 1 is 0.829 bits per heavy atom. The molecule has 4 aromatic carbocycles. The van der Waals surface area contributed by atoms with Gasteiger partial charge in [-0.25, -0.2) is 0 Å². The second kappa shape index (κ2) is 10.1. The Balaban J connectivity index is 1.23. The van der Waals surface area contributed by atoms with Crippen molar-refractivity contribution in [3.05, 3.63) is 108 Å². The molecule has 0 spiro atoms. The third-order valence-corrected chi connectivity index (χ3v) is 6.82. The van der Waals surface area contributed by atoms with E-state index in [9.17, 15) is 9.59 Å². The highest BCUT2D eigenvalue weighted by molar-refractivity contribution is 8.18. The molecule has 35 heavy (non-hydrogen) atoms. The van der Waals surface area contributed by atoms with Crippen LogP contribution in [0.15, 0.2) is 102 Å². The number of nitrogens with zero attached hydrogens (tertiary/aromatic N) is 2. The van der Waals surface area contributed by atoms with Crippen molar-refractivity contribution in [2.45, 2.75) is 0 Å². The number of carbonyl (C=O) groups is 2. The summed E-state index contributed by atoms with van der Waals surface area (Å²) in [5.74, 6) is 0.457. The van der Waals surface area contributed by atoms with Crippen LogP contribution in [0.2, 0.25) is 0 Å². The van der Waals surface area contributed by atoms with E-state index in [-0.39, 0.29) is 24.3 Å². The molecule has 5 nitrogen and oxygen atoms in total. The van der Waals surface area contributed by atoms with Gasteiger partial charge in [0.25, 0.3) is 11.1 Å². The van der Waals surface area contributed by atoms with Crippen molar-refractivity contribution in [1.82, 2.24) is 4.90 Å². The van der Waals surface area contributed by atoms with Crippen LogP contribution in [0.4, 0.5) is 16.2 Å². The summed E-state index contributed by atoms with van der Waals surface area (Å²) in [6.45, 7) is 0.436. The number of carbonyl (C=O) groups excluding carboxylic acids is 2. The van der Waals surface area contributed by atoms with E-state index in [4.69, 9.17) is 4.74 Å². The van der Waals surface area contributed by atoms with E-state index in [2.05, 4.69) is 4.90 Å². The Bertz CT molecular complexity index is 1400. The largest absolute Gasteiger partial charge is 0.491 e. The van der Waals surface area contributed by atoms with Crippen LogP contribution in [-0.2, 0) is 4.79 Å². The lowest BCUT2D eigenvalue weighted by Crippen LogP contribution is -2.32. The standard InChI is InChI=1S/C29H24N2O3S/c1-30(23-10-3-2-4-11-23)24-16-14-21(15-17-24)20-27-28(32)31(29(33)35-27)18-19-34-26-13-7-9-22-8-5-6-12-25(22)26/h2-17,20H,18-19H2,1H3/b27-20-. The van der Waals surface area contributed by atoms with E-state index in [1.165, 1.54) is 4.90 Å². The van der Waals surface area contributed by atoms with Crippen LogP contribution in [0.5, 0.6) is 5.75 Å². The van der Waals surface area contributed by atoms with Crippen molar-refractivity contribution in [3.63, 3.8) is 0 Å². The summed E-state index contributed by atoms with van der Waals surface area (Å²) in [6.07, 6.45) is 1.77. The van der Waals surface area contributed by atoms with Gasteiger partial charge < -0.3 is 9.64 Å². The average Bonchev–Trinajstić information content (AvgIpc) is 3.16. The lowest BCUT2D eigenvalue weighted by atomic mass is 10.1. The van der Waals surface area contributed by atoms with Gasteiger partial charge in [0.15, 0.2) is 0 Å². The topological polar surface area (TPSA) is 49.9 Å². The smallest absolute Gasteiger partial charge is 0.293 e. The van der Waals surface area contributed by atoms with Crippen molar-refractivity contribution < 1.29 is 14.3 Å². The molecular formula is C29H24N2O3S. The predicted molar refractivity (Wildman–Crippen MR) is 143 cm³/mol. The number of ether oxygens (including phenoxy) is 1. The van der Waals surface area contributed by atoms with Gasteiger partial charge in [-0.05, 0) is 59.1 Å². The van der Waals surface area contributed by atoms with Crippen molar-refractivity contribution in [3.8, 4) is 5.75 Å². The van der Waals surface area contributed by atoms with Gasteiger partial charge in [-0.3, -0.25) is 14.5 Å². The zero-order chi connectivity index (χ0) is 24.2. The summed E-state index contributed by atoms with van der Waals surface area (Å²) in [5, 5.41) is 1.81. The highest BCUT2D eigenvalue weighted by Gasteiger charge is 2.34. The average molecular weight is 481 g/mol. The zero-order valence-electron chi connectivity index (χ0n) is 19.3. The molecule has 174 valence electrons. The first-order valence-corrected chi connectivity index (χ1v) is 12.2. The van der Waals surface area contributed by atoms with Gasteiger partial charge in [-0.2, -0.15) is 0 Å². The van der Waals surface area contributed by atoms with E-state index < -0.39 is 0 Å². The third kappa shape index (κ3) is 4.93. The summed E-state index contributed by atoms with van der Waals surface area (Å²) < 4.78 is 5.92. The van der Waals surface area contributed by atoms with E-state index in [1.54, 1.807) is 6.08 Å². The van der Waals surface area contributed by atoms with E-state index >= 15 is 0 Å². The minimum Gasteiger partial charge on any atom is -0.491 e. The lowest BCUT2D eigenvalue weighted by Gasteiger charge is -2.19. The molecule has 0 saturated carbocycles. The minimum absolute atomic E-state index is 0.200. The SMILES string of the molecule is CN(c1ccccc1)c1ccc(/C=C2\SC(=O)N(CCOc3cccc4ccccc34)C2=O)cc1. The van der Waals surface area contributed by atoms with Crippen LogP contribution in [0.3, 0.4) is 0 Å². The van der Waals surface area contributed by atoms with Crippen LogP contribution in [-0.4, -0.2) is 36.2 Å². The number of para-hydroxylation sites is 1. The maximum Gasteiger partial charge on any atom is 0.293 e. The number of hydrogen-bond acceptors (Lipinski definition) is 5. The van der Waals surface area contributed by atoms with Crippen molar-refractivity contribution in [2.75, 3.05) is 25.1 Å². The highest BCUT2D eigenvalue weighted by Crippen LogP contribution is 2.33. The molecule has 1 fully saturated rings. The fourth-order valence-electron chi connectivity index (χ4n) is 4.01. The number of hydrogen-bond donors (Lipinski definition) is 0. The fourth-order valence-corrected chi connectivity index (χ4v) is 4.87. The number of rotatable bonds is 7. The Labute approximate surface area is 208 Å². The number of benzene rings is 4. The lowest BCUT2D eigenvalue weighted by molar-refractivity contribution is -0.123. The van der Waals surface area contributed by atoms with Gasteiger partial charge in [0.2, 0.25) is 0 Å². The summed E-state index contributed by atoms with van der Waals surface area (Å²) in [4.78, 5) is 29.2. The molecule has 0 atom stereocenters. The molecule has 0 unspecified atom stereocenters. The number of anilines is 2. The molecular weight excluding hydrogens is 456 g/mol. The van der Waals surface area contributed by atoms with E-state index in [1.807, 2.05) is 104 Å². The summed E-state index contributed by atoms with van der Waals surface area (Å²) in [5.41, 5.74) is 2.99. The van der Waals surface area contributed by atoms with Crippen LogP contribution in [0.25, 0.3) is 16.8 Å². The first-order valence-electron chi connectivity index (χ1n) is 11.3. The van der Waals surface area contributed by atoms with Gasteiger partial charge in [0.05, 0.1) is 11.4 Å². The summed E-state index contributed by atoms with van der Waals surface area (Å²) in [6, 6.07) is 31.8. The minimum atomic E-state index is -0.285. The van der Waals surface area contributed by atoms with Crippen LogP contribution >= 0.6 is 11.8 Å². The second-order valence-electron chi connectivity index (χ2n) is 8.15. The number of fused-ring (bicyclic) bond motifs is 1. The van der Waals surface area contributed by atoms with E-state index in [0.29, 0.717) is 4.91 Å². The van der Waals surface area contributed by atoms with Gasteiger partial charge >= 0.3 is 0 Å². The third-order valence-electron chi connectivity index (χ3n) is 5.92. The number of thioether (sulfide) groups is 1. The number of amides is 2. The Morgan fingerprint density at radius 2 is 1.51 bits per heavy atom. The van der Waals surface area contributed by atoms with E-state index in [0.717, 1.165) is 45.2 Å². The first kappa shape index (κ1) is 22.7. The van der Waals surface area contributed by atoms with Gasteiger partial charge in [0.1, 0.15) is 12.4 Å². The van der Waals surface area contributed by atoms with Crippen molar-refractivity contribution >= 4 is 51.1 Å². The Hall–Kier alpha value is -4.03. The molecule has 6 heteroatoms. The van der Waals surface area contributed by atoms with Gasteiger partial charge in [-0.15, -0.1) is 0 Å². The first-order chi connectivity index (χ1) is 17.1. The van der Waals surface area contributed by atoms with Crippen LogP contribution in [0.1, 0.15) is 5.56 Å². The van der Waals surface area contributed by atoms with Crippen molar-refractivity contribution in [1.29, 1.82) is 0 Å². The molecule has 0 aliphatic carbocycles. The fraction of sp³-hybridized carbons (Fsp3) is 0.103. The molecule has 1 heterocycles. The predicted octanol–water partition coefficient (Wildman–Crippen LogP) is 6.72. The maximum atomic E-state index is 12.9. The zero-order valence-corrected chi connectivity index (χ0v) is 20.1. The molecule has 2 amide bonds. The molecule has 1 aliphatic heterocycles. The molecule has 0 N–H and O–H groups in total. The highest BCUT2D eigenvalue weighted by atomic mass is 32.2. The Morgan fingerprint density at radius 3 is 2.31 bits per heavy atom. The van der Waals surface area contributed by atoms with Crippen LogP contribution < -0.4 is 9.64 Å². The normalized spacial score (nSPS) is 14.7. The number of imide groups is 1. The molecule has 1 aliphatic rings. The monoisotopic (exact) mass is 480 g/mol. The van der Waals surface area contributed by atoms with Gasteiger partial charge in [-0.1, -0.05) is 66.7 Å². The maximum absolute atomic E-state index is 12.9. The quantitative estimate of drug-likeness (QED) is 0.275. The van der Waals surface area contributed by atoms with Gasteiger partial charge in [0, 0.05) is 23.8 Å². The molecule has 0 radical (unpaired) electrons. The summed E-state index contributed by atoms with van der Waals surface area (Å²) >= 11 is 0.965. The van der Waals surface area contributed by atoms with Crippen LogP contribution in [0, 0.1) is 0 Å². The molecule has 4 aromatic rings. The Kier molecular flexibility index (Phi) is 6.55. The molecule has 0 bridgehead atoms. The molecule has 0 aromatic heterocycles. The van der Waals surface area contributed by atoms with Crippen molar-refractivity contribution in [2.24, 2.45) is 0 Å². The molecule has 1 saturated heterocycles.